The van der Waals surface area contributed by atoms with Gasteiger partial charge in [0.1, 0.15) is 0 Å². The second kappa shape index (κ2) is 31.7. The number of nitrogens with one attached hydrogen (secondary N) is 2. The van der Waals surface area contributed by atoms with E-state index in [-0.39, 0.29) is 63.1 Å². The molecule has 20 heteroatoms. The van der Waals surface area contributed by atoms with Crippen LogP contribution in [0.2, 0.25) is 44.8 Å². The molecule has 0 spiro atoms. The molecule has 0 saturated carbocycles. The number of hydrogen-bond acceptors (Lipinski definition) is 11. The van der Waals surface area contributed by atoms with E-state index in [0.717, 1.165) is 61.3 Å². The second-order valence-corrected chi connectivity index (χ2v) is 39.5. The van der Waals surface area contributed by atoms with Gasteiger partial charge in [-0.05, 0) is 138 Å². The number of nitrogens with zero attached hydrogens (tertiary/aromatic N) is 10. The summed E-state index contributed by atoms with van der Waals surface area (Å²) in [5.74, 6) is 2.28. The number of dihydropyridines is 2. The molecule has 390 valence electrons. The van der Waals surface area contributed by atoms with Gasteiger partial charge in [-0.2, -0.15) is 11.1 Å². The molecule has 2 saturated heterocycles. The van der Waals surface area contributed by atoms with E-state index in [0.29, 0.717) is 17.6 Å². The molecule has 4 aromatic heterocycles. The van der Waals surface area contributed by atoms with Gasteiger partial charge in [0.2, 0.25) is 6.69 Å². The van der Waals surface area contributed by atoms with Gasteiger partial charge in [-0.25, -0.2) is 0 Å². The molecule has 0 aliphatic carbocycles. The van der Waals surface area contributed by atoms with E-state index in [1.807, 2.05) is 98.3 Å². The summed E-state index contributed by atoms with van der Waals surface area (Å²) in [5.41, 5.74) is 4.76. The largest absolute Gasteiger partial charge is 1.00 e. The molecule has 12 nitrogen and oxygen atoms in total. The fraction of sp³-hybridized carbons (Fsp3) is 0.434. The Hall–Kier alpha value is -3.21. The molecule has 6 aliphatic rings. The molecule has 4 aromatic rings. The van der Waals surface area contributed by atoms with Crippen LogP contribution in [0.3, 0.4) is 0 Å². The van der Waals surface area contributed by atoms with Crippen molar-refractivity contribution in [3.63, 3.8) is 0 Å². The van der Waals surface area contributed by atoms with Crippen LogP contribution in [-0.4, -0.2) is 133 Å². The van der Waals surface area contributed by atoms with Crippen molar-refractivity contribution < 1.29 is 57.5 Å². The Morgan fingerprint density at radius 2 is 1.10 bits per heavy atom. The van der Waals surface area contributed by atoms with Gasteiger partial charge in [-0.1, -0.05) is 74.8 Å². The summed E-state index contributed by atoms with van der Waals surface area (Å²) >= 11 is 17.5. The monoisotopic (exact) mass is 1130 g/mol. The molecule has 10 heterocycles. The SMILES string of the molecule is C1CN=C2[N-]CCCN2C1.C[Si](C)(C(C1C=CC=CN1)C1C=CC=CN1)N1CCCN2CCCN=C21.C[Si](C)(Cl)C(c1ccccn1)c1ccccn1.C[Si](C)(Cl)Cl.F.[3HH].[K+].c1ccc(Cc2ccccn2)nc1. The maximum atomic E-state index is 6.63. The van der Waals surface area contributed by atoms with Crippen LogP contribution in [0, 0.1) is 0 Å². The van der Waals surface area contributed by atoms with Crippen molar-refractivity contribution in [3.8, 4) is 0 Å². The smallest absolute Gasteiger partial charge is 0.426 e. The molecule has 2 fully saturated rings. The minimum absolute atomic E-state index is 0. The number of allylic oxidation sites excluding steroid dienone is 4. The normalized spacial score (nSPS) is 19.0. The van der Waals surface area contributed by atoms with Crippen molar-refractivity contribution >= 4 is 67.5 Å². The zero-order valence-corrected chi connectivity index (χ0v) is 52.3. The molecule has 2 N–H and O–H groups in total. The van der Waals surface area contributed by atoms with Gasteiger partial charge in [-0.3, -0.25) is 29.6 Å². The maximum Gasteiger partial charge on any atom is 1.00 e. The Kier molecular flexibility index (Phi) is 27.1. The summed E-state index contributed by atoms with van der Waals surface area (Å²) in [4.78, 5) is 31.4. The van der Waals surface area contributed by atoms with E-state index in [9.17, 15) is 0 Å². The molecule has 0 amide bonds. The quantitative estimate of drug-likeness (QED) is 0.126. The van der Waals surface area contributed by atoms with E-state index in [1.165, 1.54) is 57.8 Å². The number of aliphatic imine (C=N–C) groups is 2. The molecule has 10 rings (SSSR count). The van der Waals surface area contributed by atoms with Crippen LogP contribution in [-0.2, 0) is 6.42 Å². The number of rotatable bonds is 9. The summed E-state index contributed by atoms with van der Waals surface area (Å²) in [6.45, 7) is 20.1. The van der Waals surface area contributed by atoms with Crippen LogP contribution in [0.1, 0.15) is 55.4 Å². The van der Waals surface area contributed by atoms with Crippen LogP contribution in [0.5, 0.6) is 0 Å². The zero-order chi connectivity index (χ0) is 50.5. The van der Waals surface area contributed by atoms with Crippen molar-refractivity contribution in [3.05, 3.63) is 175 Å². The van der Waals surface area contributed by atoms with Crippen molar-refractivity contribution in [2.45, 2.75) is 94.6 Å². The molecule has 0 radical (unpaired) electrons. The number of aromatic nitrogens is 4. The average Bonchev–Trinajstić information content (AvgIpc) is 3.38. The summed E-state index contributed by atoms with van der Waals surface area (Å²) in [6.07, 6.45) is 30.2. The topological polar surface area (TPSA) is 124 Å². The Labute approximate surface area is 496 Å². The average molecular weight is 1130 g/mol. The Bertz CT molecular complexity index is 2270. The second-order valence-electron chi connectivity index (χ2n) is 19.5. The summed E-state index contributed by atoms with van der Waals surface area (Å²) in [7, 11) is -3.77. The first kappa shape index (κ1) is 62.3. The van der Waals surface area contributed by atoms with Gasteiger partial charge in [0, 0.05) is 105 Å². The van der Waals surface area contributed by atoms with E-state index in [1.54, 1.807) is 12.4 Å². The third-order valence-corrected chi connectivity index (χ3v) is 19.3. The molecular formula is C53H77Cl3FKN12Si3. The van der Waals surface area contributed by atoms with Gasteiger partial charge in [-0.15, -0.1) is 22.2 Å². The van der Waals surface area contributed by atoms with Crippen LogP contribution in [0.4, 0.5) is 4.70 Å². The van der Waals surface area contributed by atoms with E-state index >= 15 is 0 Å². The van der Waals surface area contributed by atoms with Crippen molar-refractivity contribution in [2.24, 2.45) is 9.98 Å². The number of fused-ring (bicyclic) bond motifs is 2. The third kappa shape index (κ3) is 20.7. The zero-order valence-electron chi connectivity index (χ0n) is 43.9. The van der Waals surface area contributed by atoms with Crippen molar-refractivity contribution in [1.82, 2.24) is 44.9 Å². The number of halogens is 4. The van der Waals surface area contributed by atoms with Crippen molar-refractivity contribution in [1.29, 1.82) is 0 Å². The van der Waals surface area contributed by atoms with Gasteiger partial charge in [0.05, 0.1) is 5.54 Å². The van der Waals surface area contributed by atoms with Crippen LogP contribution in [0.15, 0.2) is 156 Å². The first-order valence-corrected chi connectivity index (χ1v) is 37.2. The minimum Gasteiger partial charge on any atom is -0.426 e. The van der Waals surface area contributed by atoms with Crippen LogP contribution < -0.4 is 62.0 Å². The molecule has 6 aliphatic heterocycles. The minimum atomic E-state index is -1.92. The van der Waals surface area contributed by atoms with Gasteiger partial charge in [0.15, 0.2) is 21.6 Å². The Balaban J connectivity index is 0.000000262. The van der Waals surface area contributed by atoms with E-state index in [4.69, 9.17) is 38.2 Å². The fourth-order valence-electron chi connectivity index (χ4n) is 9.41. The maximum absolute atomic E-state index is 6.63. The first-order valence-electron chi connectivity index (χ1n) is 25.1. The van der Waals surface area contributed by atoms with E-state index in [2.05, 4.69) is 130 Å². The van der Waals surface area contributed by atoms with Gasteiger partial charge < -0.3 is 35.3 Å². The molecule has 0 bridgehead atoms. The molecule has 0 aromatic carbocycles. The van der Waals surface area contributed by atoms with Crippen molar-refractivity contribution in [2.75, 3.05) is 52.4 Å². The third-order valence-electron chi connectivity index (χ3n) is 12.5. The molecule has 2 unspecified atom stereocenters. The summed E-state index contributed by atoms with van der Waals surface area (Å²) in [5, 5.41) is 11.6. The van der Waals surface area contributed by atoms with E-state index < -0.39 is 22.3 Å². The predicted molar refractivity (Wildman–Crippen MR) is 312 cm³/mol. The Morgan fingerprint density at radius 3 is 1.55 bits per heavy atom. The first-order chi connectivity index (χ1) is 34.2. The van der Waals surface area contributed by atoms with Crippen LogP contribution in [0.25, 0.3) is 5.32 Å². The standard InChI is InChI=1S/C20H31N5Si.C13H15ClN2Si.C11H10N2.C7H12N3.C2H6Cl2Si.FH.K.H2/c1-26(2,25-16-8-15-24-14-7-13-23-20(24)25)19(17-9-3-5-11-21-17)18-10-4-6-12-22-18;1-17(2,14)13(11-7-3-5-9-15-11)12-8-4-6-10-16-12;1-3-7-12-10(5-1)9-11-6-2-4-8-13-11;1-3-8-7-9-4-2-6-10(7)5-1;1-5(2,3)4;;;/h3-6,9-12,17-19,21-22H,7-8,13-16H2,1-2H3;3-10,13H,1-2H3;1-8H,9H2;1-6H2;1-2H3;1H;;1H/q;;;-1;;;+1;/i;;;;;;;1+2. The number of guanidine groups is 2. The number of hydrogen-bond donors (Lipinski definition) is 2. The van der Waals surface area contributed by atoms with Gasteiger partial charge >= 0.3 is 51.4 Å². The summed E-state index contributed by atoms with van der Waals surface area (Å²) < 4.78 is 2.71. The molecule has 2 atom stereocenters. The van der Waals surface area contributed by atoms with Crippen LogP contribution >= 0.6 is 33.2 Å². The number of pyridine rings is 4. The Morgan fingerprint density at radius 1 is 0.616 bits per heavy atom. The molecule has 73 heavy (non-hydrogen) atoms. The molecular weight excluding hydrogens is 1050 g/mol. The summed E-state index contributed by atoms with van der Waals surface area (Å²) in [6, 6.07) is 24.4. The fourth-order valence-corrected chi connectivity index (χ4v) is 15.8. The van der Waals surface area contributed by atoms with Gasteiger partial charge in [0.25, 0.3) is 0 Å². The predicted octanol–water partition coefficient (Wildman–Crippen LogP) is 8.47.